The molecule has 0 bridgehead atoms. The molecule has 0 aliphatic rings. The standard InChI is InChI=1S/C13H21ClN2O/c1-13(2,3)16-6-4-5-7-17-12-8-11(14)9-15-10-12/h8-10,16H,4-7H2,1-3H3. The van der Waals surface area contributed by atoms with Gasteiger partial charge in [0, 0.05) is 17.8 Å². The smallest absolute Gasteiger partial charge is 0.139 e. The van der Waals surface area contributed by atoms with Crippen LogP contribution in [0.1, 0.15) is 33.6 Å². The van der Waals surface area contributed by atoms with Crippen molar-refractivity contribution >= 4 is 11.6 Å². The average molecular weight is 257 g/mol. The van der Waals surface area contributed by atoms with Crippen molar-refractivity contribution in [2.75, 3.05) is 13.2 Å². The average Bonchev–Trinajstić information content (AvgIpc) is 2.22. The zero-order valence-electron chi connectivity index (χ0n) is 10.8. The van der Waals surface area contributed by atoms with Crippen molar-refractivity contribution in [3.8, 4) is 5.75 Å². The molecule has 17 heavy (non-hydrogen) atoms. The highest BCUT2D eigenvalue weighted by Crippen LogP contribution is 2.15. The summed E-state index contributed by atoms with van der Waals surface area (Å²) in [5, 5.41) is 4.05. The third-order valence-electron chi connectivity index (χ3n) is 2.17. The number of pyridine rings is 1. The predicted molar refractivity (Wildman–Crippen MR) is 71.7 cm³/mol. The molecule has 0 fully saturated rings. The Hall–Kier alpha value is -0.800. The van der Waals surface area contributed by atoms with Crippen molar-refractivity contribution in [3.63, 3.8) is 0 Å². The molecule has 4 heteroatoms. The van der Waals surface area contributed by atoms with Gasteiger partial charge >= 0.3 is 0 Å². The van der Waals surface area contributed by atoms with Gasteiger partial charge in [-0.15, -0.1) is 0 Å². The van der Waals surface area contributed by atoms with Crippen LogP contribution < -0.4 is 10.1 Å². The molecule has 0 aromatic carbocycles. The first-order valence-electron chi connectivity index (χ1n) is 5.96. The number of ether oxygens (including phenoxy) is 1. The van der Waals surface area contributed by atoms with E-state index in [2.05, 4.69) is 31.1 Å². The third-order valence-corrected chi connectivity index (χ3v) is 2.38. The molecule has 1 aromatic heterocycles. The number of unbranched alkanes of at least 4 members (excludes halogenated alkanes) is 1. The second-order valence-electron chi connectivity index (χ2n) is 5.07. The number of rotatable bonds is 6. The second-order valence-corrected chi connectivity index (χ2v) is 5.51. The quantitative estimate of drug-likeness (QED) is 0.794. The van der Waals surface area contributed by atoms with Gasteiger partial charge in [-0.25, -0.2) is 0 Å². The molecule has 0 radical (unpaired) electrons. The van der Waals surface area contributed by atoms with Crippen molar-refractivity contribution in [2.24, 2.45) is 0 Å². The number of nitrogens with zero attached hydrogens (tertiary/aromatic N) is 1. The molecule has 0 atom stereocenters. The summed E-state index contributed by atoms with van der Waals surface area (Å²) in [6, 6.07) is 1.78. The van der Waals surface area contributed by atoms with Gasteiger partial charge in [0.05, 0.1) is 17.8 Å². The van der Waals surface area contributed by atoms with Crippen molar-refractivity contribution in [1.29, 1.82) is 0 Å². The Morgan fingerprint density at radius 3 is 2.71 bits per heavy atom. The number of aromatic nitrogens is 1. The van der Waals surface area contributed by atoms with E-state index in [1.807, 2.05) is 0 Å². The summed E-state index contributed by atoms with van der Waals surface area (Å²) in [4.78, 5) is 3.96. The minimum absolute atomic E-state index is 0.192. The lowest BCUT2D eigenvalue weighted by atomic mass is 10.1. The SMILES string of the molecule is CC(C)(C)NCCCCOc1cncc(Cl)c1. The maximum absolute atomic E-state index is 5.81. The summed E-state index contributed by atoms with van der Waals surface area (Å²) in [6.07, 6.45) is 5.40. The Morgan fingerprint density at radius 2 is 2.06 bits per heavy atom. The van der Waals surface area contributed by atoms with Gasteiger partial charge in [0.25, 0.3) is 0 Å². The summed E-state index contributed by atoms with van der Waals surface area (Å²) < 4.78 is 5.54. The van der Waals surface area contributed by atoms with E-state index in [1.54, 1.807) is 18.5 Å². The highest BCUT2D eigenvalue weighted by atomic mass is 35.5. The van der Waals surface area contributed by atoms with Gasteiger partial charge in [-0.2, -0.15) is 0 Å². The van der Waals surface area contributed by atoms with E-state index < -0.39 is 0 Å². The van der Waals surface area contributed by atoms with Crippen LogP contribution in [0.25, 0.3) is 0 Å². The van der Waals surface area contributed by atoms with Crippen LogP contribution in [0.5, 0.6) is 5.75 Å². The molecule has 0 saturated heterocycles. The Kier molecular flexibility index (Phi) is 5.72. The van der Waals surface area contributed by atoms with Crippen molar-refractivity contribution in [1.82, 2.24) is 10.3 Å². The summed E-state index contributed by atoms with van der Waals surface area (Å²) in [5.74, 6) is 0.737. The van der Waals surface area contributed by atoms with Crippen LogP contribution in [0.3, 0.4) is 0 Å². The fraction of sp³-hybridized carbons (Fsp3) is 0.615. The maximum atomic E-state index is 5.81. The monoisotopic (exact) mass is 256 g/mol. The Bertz CT molecular complexity index is 336. The summed E-state index contributed by atoms with van der Waals surface area (Å²) in [5.41, 5.74) is 0.192. The minimum Gasteiger partial charge on any atom is -0.492 e. The van der Waals surface area contributed by atoms with Gasteiger partial charge in [0.2, 0.25) is 0 Å². The van der Waals surface area contributed by atoms with E-state index >= 15 is 0 Å². The summed E-state index contributed by atoms with van der Waals surface area (Å²) >= 11 is 5.81. The topological polar surface area (TPSA) is 34.1 Å². The fourth-order valence-electron chi connectivity index (χ4n) is 1.35. The third kappa shape index (κ3) is 7.18. The predicted octanol–water partition coefficient (Wildman–Crippen LogP) is 3.28. The Balaban J connectivity index is 2.09. The molecule has 0 amide bonds. The molecule has 3 nitrogen and oxygen atoms in total. The lowest BCUT2D eigenvalue weighted by molar-refractivity contribution is 0.300. The zero-order valence-corrected chi connectivity index (χ0v) is 11.5. The fourth-order valence-corrected chi connectivity index (χ4v) is 1.52. The number of halogens is 1. The van der Waals surface area contributed by atoms with E-state index in [0.29, 0.717) is 11.6 Å². The van der Waals surface area contributed by atoms with Crippen LogP contribution in [0.2, 0.25) is 5.02 Å². The largest absolute Gasteiger partial charge is 0.492 e. The highest BCUT2D eigenvalue weighted by molar-refractivity contribution is 6.30. The Morgan fingerprint density at radius 1 is 1.29 bits per heavy atom. The molecule has 1 rings (SSSR count). The molecule has 0 saturated carbocycles. The molecule has 1 heterocycles. The lowest BCUT2D eigenvalue weighted by Crippen LogP contribution is -2.36. The summed E-state index contributed by atoms with van der Waals surface area (Å²) in [7, 11) is 0. The van der Waals surface area contributed by atoms with Gasteiger partial charge in [-0.05, 0) is 40.2 Å². The van der Waals surface area contributed by atoms with Gasteiger partial charge in [-0.1, -0.05) is 11.6 Å². The van der Waals surface area contributed by atoms with Crippen LogP contribution >= 0.6 is 11.6 Å². The normalized spacial score (nSPS) is 11.5. The molecule has 1 N–H and O–H groups in total. The first-order valence-corrected chi connectivity index (χ1v) is 6.33. The van der Waals surface area contributed by atoms with Crippen molar-refractivity contribution in [3.05, 3.63) is 23.5 Å². The van der Waals surface area contributed by atoms with E-state index in [4.69, 9.17) is 16.3 Å². The maximum Gasteiger partial charge on any atom is 0.139 e. The minimum atomic E-state index is 0.192. The van der Waals surface area contributed by atoms with Crippen LogP contribution in [0, 0.1) is 0 Å². The van der Waals surface area contributed by atoms with Crippen LogP contribution in [0.4, 0.5) is 0 Å². The number of nitrogens with one attached hydrogen (secondary N) is 1. The summed E-state index contributed by atoms with van der Waals surface area (Å²) in [6.45, 7) is 8.22. The second kappa shape index (κ2) is 6.82. The van der Waals surface area contributed by atoms with E-state index in [0.717, 1.165) is 25.1 Å². The van der Waals surface area contributed by atoms with Gasteiger partial charge in [0.1, 0.15) is 5.75 Å². The van der Waals surface area contributed by atoms with Crippen LogP contribution in [-0.2, 0) is 0 Å². The molecular formula is C13H21ClN2O. The van der Waals surface area contributed by atoms with Crippen LogP contribution in [0.15, 0.2) is 18.5 Å². The number of hydrogen-bond acceptors (Lipinski definition) is 3. The highest BCUT2D eigenvalue weighted by Gasteiger charge is 2.06. The van der Waals surface area contributed by atoms with Crippen molar-refractivity contribution in [2.45, 2.75) is 39.2 Å². The molecule has 0 unspecified atom stereocenters. The molecular weight excluding hydrogens is 236 g/mol. The van der Waals surface area contributed by atoms with Gasteiger partial charge < -0.3 is 10.1 Å². The van der Waals surface area contributed by atoms with Crippen molar-refractivity contribution < 1.29 is 4.74 Å². The Labute approximate surface area is 109 Å². The first kappa shape index (κ1) is 14.3. The molecule has 1 aromatic rings. The zero-order chi connectivity index (χ0) is 12.7. The van der Waals surface area contributed by atoms with Crippen LogP contribution in [-0.4, -0.2) is 23.7 Å². The number of hydrogen-bond donors (Lipinski definition) is 1. The molecule has 0 aliphatic carbocycles. The van der Waals surface area contributed by atoms with E-state index in [9.17, 15) is 0 Å². The molecule has 96 valence electrons. The lowest BCUT2D eigenvalue weighted by Gasteiger charge is -2.20. The molecule has 0 aliphatic heterocycles. The van der Waals surface area contributed by atoms with Gasteiger partial charge in [0.15, 0.2) is 0 Å². The first-order chi connectivity index (χ1) is 7.97. The molecule has 0 spiro atoms. The van der Waals surface area contributed by atoms with Gasteiger partial charge in [-0.3, -0.25) is 4.98 Å². The van der Waals surface area contributed by atoms with E-state index in [-0.39, 0.29) is 5.54 Å². The van der Waals surface area contributed by atoms with E-state index in [1.165, 1.54) is 0 Å².